The van der Waals surface area contributed by atoms with Gasteiger partial charge < -0.3 is 19.7 Å². The highest BCUT2D eigenvalue weighted by atomic mass is 35.5. The molecule has 2 atom stereocenters. The average molecular weight is 381 g/mol. The Labute approximate surface area is 161 Å². The van der Waals surface area contributed by atoms with Gasteiger partial charge in [-0.05, 0) is 44.7 Å². The summed E-state index contributed by atoms with van der Waals surface area (Å²) in [6.45, 7) is 6.64. The fourth-order valence-electron chi connectivity index (χ4n) is 3.72. The SMILES string of the molecule is CCCCOc1c(Cl)cc(C(=O)N2CCC3CCC(C2)N3)cc1OCC. The number of amides is 1. The lowest BCUT2D eigenvalue weighted by atomic mass is 10.1. The number of unbranched alkanes of at least 4 members (excludes halogenated alkanes) is 1. The fourth-order valence-corrected chi connectivity index (χ4v) is 3.99. The molecule has 1 aromatic carbocycles. The number of carbonyl (C=O) groups excluding carboxylic acids is 1. The molecule has 0 saturated carbocycles. The van der Waals surface area contributed by atoms with Crippen LogP contribution in [0.25, 0.3) is 0 Å². The lowest BCUT2D eigenvalue weighted by Gasteiger charge is -2.25. The van der Waals surface area contributed by atoms with Crippen LogP contribution in [0.2, 0.25) is 5.02 Å². The molecule has 2 fully saturated rings. The van der Waals surface area contributed by atoms with Gasteiger partial charge in [0.25, 0.3) is 5.91 Å². The zero-order valence-corrected chi connectivity index (χ0v) is 16.5. The Kier molecular flexibility index (Phi) is 6.65. The van der Waals surface area contributed by atoms with Gasteiger partial charge in [0.2, 0.25) is 0 Å². The number of halogens is 1. The molecule has 0 radical (unpaired) electrons. The van der Waals surface area contributed by atoms with E-state index in [4.69, 9.17) is 21.1 Å². The van der Waals surface area contributed by atoms with Crippen molar-refractivity contribution in [1.29, 1.82) is 0 Å². The van der Waals surface area contributed by atoms with Gasteiger partial charge in [-0.1, -0.05) is 24.9 Å². The largest absolute Gasteiger partial charge is 0.490 e. The summed E-state index contributed by atoms with van der Waals surface area (Å²) in [6, 6.07) is 4.44. The minimum Gasteiger partial charge on any atom is -0.490 e. The summed E-state index contributed by atoms with van der Waals surface area (Å²) < 4.78 is 11.5. The maximum atomic E-state index is 13.1. The van der Waals surface area contributed by atoms with Crippen molar-refractivity contribution in [2.45, 2.75) is 58.0 Å². The number of nitrogens with zero attached hydrogens (tertiary/aromatic N) is 1. The van der Waals surface area contributed by atoms with E-state index in [1.807, 2.05) is 11.8 Å². The number of carbonyl (C=O) groups is 1. The van der Waals surface area contributed by atoms with Gasteiger partial charge in [0, 0.05) is 30.7 Å². The third-order valence-electron chi connectivity index (χ3n) is 5.11. The second-order valence-electron chi connectivity index (χ2n) is 7.10. The summed E-state index contributed by atoms with van der Waals surface area (Å²) >= 11 is 6.44. The summed E-state index contributed by atoms with van der Waals surface area (Å²) in [5.74, 6) is 1.10. The second-order valence-corrected chi connectivity index (χ2v) is 7.51. The molecule has 2 heterocycles. The summed E-state index contributed by atoms with van der Waals surface area (Å²) in [4.78, 5) is 15.0. The quantitative estimate of drug-likeness (QED) is 0.729. The van der Waals surface area contributed by atoms with E-state index in [1.165, 1.54) is 6.42 Å². The first-order valence-corrected chi connectivity index (χ1v) is 10.1. The van der Waals surface area contributed by atoms with Crippen LogP contribution in [0, 0.1) is 0 Å². The summed E-state index contributed by atoms with van der Waals surface area (Å²) in [5, 5.41) is 4.04. The highest BCUT2D eigenvalue weighted by Gasteiger charge is 2.32. The average Bonchev–Trinajstić information content (AvgIpc) is 2.95. The van der Waals surface area contributed by atoms with Crippen LogP contribution >= 0.6 is 11.6 Å². The van der Waals surface area contributed by atoms with Crippen molar-refractivity contribution in [2.75, 3.05) is 26.3 Å². The van der Waals surface area contributed by atoms with Crippen molar-refractivity contribution in [3.8, 4) is 11.5 Å². The molecular weight excluding hydrogens is 352 g/mol. The van der Waals surface area contributed by atoms with Gasteiger partial charge >= 0.3 is 0 Å². The lowest BCUT2D eigenvalue weighted by molar-refractivity contribution is 0.0747. The highest BCUT2D eigenvalue weighted by molar-refractivity contribution is 6.32. The minimum absolute atomic E-state index is 0.0160. The fraction of sp³-hybridized carbons (Fsp3) is 0.650. The third-order valence-corrected chi connectivity index (χ3v) is 5.39. The van der Waals surface area contributed by atoms with Crippen molar-refractivity contribution in [1.82, 2.24) is 10.2 Å². The molecule has 0 spiro atoms. The predicted octanol–water partition coefficient (Wildman–Crippen LogP) is 3.88. The topological polar surface area (TPSA) is 50.8 Å². The molecule has 5 nitrogen and oxygen atoms in total. The van der Waals surface area contributed by atoms with Crippen molar-refractivity contribution in [3.63, 3.8) is 0 Å². The van der Waals surface area contributed by atoms with Gasteiger partial charge in [0.05, 0.1) is 18.2 Å². The molecule has 144 valence electrons. The first-order chi connectivity index (χ1) is 12.6. The van der Waals surface area contributed by atoms with Crippen LogP contribution in [0.3, 0.4) is 0 Å². The van der Waals surface area contributed by atoms with Crippen LogP contribution in [0.15, 0.2) is 12.1 Å². The summed E-state index contributed by atoms with van der Waals surface area (Å²) in [5.41, 5.74) is 0.569. The normalized spacial score (nSPS) is 22.2. The number of hydrogen-bond donors (Lipinski definition) is 1. The maximum Gasteiger partial charge on any atom is 0.254 e. The van der Waals surface area contributed by atoms with Crippen LogP contribution < -0.4 is 14.8 Å². The van der Waals surface area contributed by atoms with Gasteiger partial charge in [-0.25, -0.2) is 0 Å². The van der Waals surface area contributed by atoms with Crippen LogP contribution in [-0.4, -0.2) is 49.2 Å². The lowest BCUT2D eigenvalue weighted by Crippen LogP contribution is -2.39. The monoisotopic (exact) mass is 380 g/mol. The number of ether oxygens (including phenoxy) is 2. The molecular formula is C20H29ClN2O3. The van der Waals surface area contributed by atoms with E-state index in [9.17, 15) is 4.79 Å². The van der Waals surface area contributed by atoms with Crippen LogP contribution in [0.5, 0.6) is 11.5 Å². The highest BCUT2D eigenvalue weighted by Crippen LogP contribution is 2.37. The van der Waals surface area contributed by atoms with E-state index >= 15 is 0 Å². The molecule has 2 bridgehead atoms. The molecule has 26 heavy (non-hydrogen) atoms. The van der Waals surface area contributed by atoms with Crippen molar-refractivity contribution in [2.24, 2.45) is 0 Å². The van der Waals surface area contributed by atoms with Gasteiger partial charge in [0.1, 0.15) is 0 Å². The number of fused-ring (bicyclic) bond motifs is 2. The zero-order chi connectivity index (χ0) is 18.5. The molecule has 1 N–H and O–H groups in total. The number of hydrogen-bond acceptors (Lipinski definition) is 4. The summed E-state index contributed by atoms with van der Waals surface area (Å²) in [6.07, 6.45) is 5.36. The molecule has 1 amide bonds. The standard InChI is InChI=1S/C20H29ClN2O3/c1-3-5-10-26-19-17(21)11-14(12-18(19)25-4-2)20(24)23-9-8-15-6-7-16(13-23)22-15/h11-12,15-16,22H,3-10,13H2,1-2H3. The molecule has 6 heteroatoms. The van der Waals surface area contributed by atoms with Crippen LogP contribution in [0.4, 0.5) is 0 Å². The molecule has 3 rings (SSSR count). The molecule has 2 saturated heterocycles. The van der Waals surface area contributed by atoms with E-state index in [2.05, 4.69) is 12.2 Å². The Morgan fingerprint density at radius 3 is 2.81 bits per heavy atom. The van der Waals surface area contributed by atoms with E-state index in [0.29, 0.717) is 47.4 Å². The van der Waals surface area contributed by atoms with Crippen LogP contribution in [0.1, 0.15) is 56.3 Å². The van der Waals surface area contributed by atoms with E-state index in [1.54, 1.807) is 12.1 Å². The molecule has 2 aliphatic heterocycles. The molecule has 2 aliphatic rings. The number of rotatable bonds is 7. The Hall–Kier alpha value is -1.46. The number of likely N-dealkylation sites (tertiary alicyclic amines) is 1. The van der Waals surface area contributed by atoms with E-state index < -0.39 is 0 Å². The summed E-state index contributed by atoms with van der Waals surface area (Å²) in [7, 11) is 0. The molecule has 1 aromatic rings. The Bertz CT molecular complexity index is 638. The Morgan fingerprint density at radius 1 is 1.23 bits per heavy atom. The first kappa shape index (κ1) is 19.3. The van der Waals surface area contributed by atoms with Gasteiger partial charge in [-0.3, -0.25) is 4.79 Å². The van der Waals surface area contributed by atoms with Crippen molar-refractivity contribution >= 4 is 17.5 Å². The number of nitrogens with one attached hydrogen (secondary N) is 1. The number of benzene rings is 1. The Morgan fingerprint density at radius 2 is 2.04 bits per heavy atom. The zero-order valence-electron chi connectivity index (χ0n) is 15.7. The Balaban J connectivity index is 1.79. The van der Waals surface area contributed by atoms with E-state index in [-0.39, 0.29) is 5.91 Å². The molecule has 2 unspecified atom stereocenters. The third kappa shape index (κ3) is 4.44. The minimum atomic E-state index is 0.0160. The molecule has 0 aromatic heterocycles. The first-order valence-electron chi connectivity index (χ1n) is 9.76. The van der Waals surface area contributed by atoms with Gasteiger partial charge in [-0.15, -0.1) is 0 Å². The van der Waals surface area contributed by atoms with E-state index in [0.717, 1.165) is 38.8 Å². The van der Waals surface area contributed by atoms with Gasteiger partial charge in [-0.2, -0.15) is 0 Å². The van der Waals surface area contributed by atoms with Crippen LogP contribution in [-0.2, 0) is 0 Å². The van der Waals surface area contributed by atoms with Crippen molar-refractivity contribution in [3.05, 3.63) is 22.7 Å². The second kappa shape index (κ2) is 8.96. The smallest absolute Gasteiger partial charge is 0.254 e. The van der Waals surface area contributed by atoms with Gasteiger partial charge in [0.15, 0.2) is 11.5 Å². The predicted molar refractivity (Wildman–Crippen MR) is 103 cm³/mol. The molecule has 0 aliphatic carbocycles. The maximum absolute atomic E-state index is 13.1. The van der Waals surface area contributed by atoms with Crippen molar-refractivity contribution < 1.29 is 14.3 Å².